The molecule has 0 amide bonds. The number of fused-ring (bicyclic) bond motifs is 1. The number of rotatable bonds is 2. The van der Waals surface area contributed by atoms with E-state index in [1.54, 1.807) is 12.1 Å². The van der Waals surface area contributed by atoms with Crippen LogP contribution in [-0.2, 0) is 0 Å². The van der Waals surface area contributed by atoms with Gasteiger partial charge in [0.15, 0.2) is 0 Å². The molecule has 2 fully saturated rings. The van der Waals surface area contributed by atoms with Gasteiger partial charge in [0.2, 0.25) is 0 Å². The van der Waals surface area contributed by atoms with Crippen LogP contribution in [0.25, 0.3) is 0 Å². The van der Waals surface area contributed by atoms with Crippen LogP contribution < -0.4 is 5.32 Å². The van der Waals surface area contributed by atoms with Crippen molar-refractivity contribution in [2.45, 2.75) is 43.7 Å². The molecule has 0 radical (unpaired) electrons. The van der Waals surface area contributed by atoms with Crippen LogP contribution in [0.3, 0.4) is 0 Å². The van der Waals surface area contributed by atoms with Crippen LogP contribution >= 0.6 is 0 Å². The normalized spacial score (nSPS) is 33.5. The fourth-order valence-corrected chi connectivity index (χ4v) is 3.81. The van der Waals surface area contributed by atoms with E-state index in [0.717, 1.165) is 37.8 Å². The van der Waals surface area contributed by atoms with Crippen molar-refractivity contribution < 1.29 is 15.0 Å². The minimum Gasteiger partial charge on any atom is -0.478 e. The van der Waals surface area contributed by atoms with Gasteiger partial charge in [0.25, 0.3) is 0 Å². The third-order valence-corrected chi connectivity index (χ3v) is 4.91. The topological polar surface area (TPSA) is 69.6 Å². The van der Waals surface area contributed by atoms with Crippen molar-refractivity contribution in [3.05, 3.63) is 35.4 Å². The fraction of sp³-hybridized carbons (Fsp3) is 0.562. The lowest BCUT2D eigenvalue weighted by atomic mass is 9.67. The highest BCUT2D eigenvalue weighted by atomic mass is 16.4. The Labute approximate surface area is 118 Å². The molecule has 3 atom stereocenters. The molecule has 1 aliphatic heterocycles. The summed E-state index contributed by atoms with van der Waals surface area (Å²) in [4.78, 5) is 10.9. The Bertz CT molecular complexity index is 495. The third kappa shape index (κ3) is 2.34. The predicted octanol–water partition coefficient (Wildman–Crippen LogP) is 2.34. The molecule has 1 aliphatic carbocycles. The SMILES string of the molecule is O=C(O)c1ccc([C@@H]2NCC[C@]3(O)CCCC[C@H]23)cc1. The van der Waals surface area contributed by atoms with Crippen molar-refractivity contribution in [3.63, 3.8) is 0 Å². The monoisotopic (exact) mass is 275 g/mol. The summed E-state index contributed by atoms with van der Waals surface area (Å²) in [6.07, 6.45) is 5.02. The van der Waals surface area contributed by atoms with Gasteiger partial charge in [-0.25, -0.2) is 4.79 Å². The molecule has 0 bridgehead atoms. The van der Waals surface area contributed by atoms with E-state index >= 15 is 0 Å². The van der Waals surface area contributed by atoms with Crippen molar-refractivity contribution in [1.29, 1.82) is 0 Å². The average molecular weight is 275 g/mol. The number of hydrogen-bond donors (Lipinski definition) is 3. The Hall–Kier alpha value is -1.39. The first-order valence-corrected chi connectivity index (χ1v) is 7.39. The molecule has 0 spiro atoms. The lowest BCUT2D eigenvalue weighted by molar-refractivity contribution is -0.0861. The first kappa shape index (κ1) is 13.6. The molecule has 0 aromatic heterocycles. The first-order chi connectivity index (χ1) is 9.60. The van der Waals surface area contributed by atoms with E-state index < -0.39 is 11.6 Å². The van der Waals surface area contributed by atoms with Gasteiger partial charge in [-0.05, 0) is 43.5 Å². The van der Waals surface area contributed by atoms with Gasteiger partial charge in [-0.1, -0.05) is 25.0 Å². The Kier molecular flexibility index (Phi) is 3.52. The quantitative estimate of drug-likeness (QED) is 0.775. The minimum absolute atomic E-state index is 0.136. The maximum Gasteiger partial charge on any atom is 0.335 e. The Morgan fingerprint density at radius 3 is 2.65 bits per heavy atom. The summed E-state index contributed by atoms with van der Waals surface area (Å²) >= 11 is 0. The van der Waals surface area contributed by atoms with E-state index in [-0.39, 0.29) is 12.0 Å². The van der Waals surface area contributed by atoms with E-state index in [4.69, 9.17) is 5.11 Å². The molecule has 1 aromatic rings. The summed E-state index contributed by atoms with van der Waals surface area (Å²) in [6, 6.07) is 7.19. The van der Waals surface area contributed by atoms with Crippen LogP contribution in [-0.4, -0.2) is 28.3 Å². The zero-order valence-electron chi connectivity index (χ0n) is 11.5. The molecule has 1 aromatic carbocycles. The van der Waals surface area contributed by atoms with Crippen molar-refractivity contribution in [2.75, 3.05) is 6.54 Å². The lowest BCUT2D eigenvalue weighted by Crippen LogP contribution is -2.53. The Balaban J connectivity index is 1.86. The molecule has 2 aliphatic rings. The van der Waals surface area contributed by atoms with E-state index in [0.29, 0.717) is 5.56 Å². The number of carbonyl (C=O) groups is 1. The predicted molar refractivity (Wildman–Crippen MR) is 75.7 cm³/mol. The van der Waals surface area contributed by atoms with Gasteiger partial charge in [0.05, 0.1) is 11.2 Å². The zero-order chi connectivity index (χ0) is 14.2. The number of carboxylic acids is 1. The third-order valence-electron chi connectivity index (χ3n) is 4.91. The molecule has 20 heavy (non-hydrogen) atoms. The molecule has 1 saturated carbocycles. The standard InChI is InChI=1S/C16H21NO3/c18-15(19)12-6-4-11(5-7-12)14-13-3-1-2-8-16(13,20)9-10-17-14/h4-7,13-14,17,20H,1-3,8-10H2,(H,18,19)/t13-,14+,16-/m1/s1. The molecule has 3 rings (SSSR count). The van der Waals surface area contributed by atoms with Gasteiger partial charge in [0.1, 0.15) is 0 Å². The second kappa shape index (κ2) is 5.19. The van der Waals surface area contributed by atoms with Crippen molar-refractivity contribution in [3.8, 4) is 0 Å². The maximum absolute atomic E-state index is 10.9. The van der Waals surface area contributed by atoms with Gasteiger partial charge >= 0.3 is 5.97 Å². The van der Waals surface area contributed by atoms with Crippen LogP contribution in [0, 0.1) is 5.92 Å². The molecular formula is C16H21NO3. The Morgan fingerprint density at radius 1 is 1.20 bits per heavy atom. The average Bonchev–Trinajstić information content (AvgIpc) is 2.46. The van der Waals surface area contributed by atoms with Crippen molar-refractivity contribution >= 4 is 5.97 Å². The highest BCUT2D eigenvalue weighted by Crippen LogP contribution is 2.45. The molecule has 0 unspecified atom stereocenters. The van der Waals surface area contributed by atoms with E-state index in [1.807, 2.05) is 12.1 Å². The van der Waals surface area contributed by atoms with Crippen LogP contribution in [0.15, 0.2) is 24.3 Å². The highest BCUT2D eigenvalue weighted by molar-refractivity contribution is 5.87. The molecule has 1 saturated heterocycles. The molecular weight excluding hydrogens is 254 g/mol. The van der Waals surface area contributed by atoms with Crippen LogP contribution in [0.1, 0.15) is 54.1 Å². The van der Waals surface area contributed by atoms with Crippen LogP contribution in [0.5, 0.6) is 0 Å². The molecule has 3 N–H and O–H groups in total. The maximum atomic E-state index is 10.9. The number of carboxylic acid groups (broad SMARTS) is 1. The molecule has 108 valence electrons. The van der Waals surface area contributed by atoms with E-state index in [9.17, 15) is 9.90 Å². The molecule has 4 nitrogen and oxygen atoms in total. The van der Waals surface area contributed by atoms with E-state index in [2.05, 4.69) is 5.32 Å². The van der Waals surface area contributed by atoms with Gasteiger partial charge < -0.3 is 15.5 Å². The fourth-order valence-electron chi connectivity index (χ4n) is 3.81. The summed E-state index contributed by atoms with van der Waals surface area (Å²) in [5.41, 5.74) is 0.850. The van der Waals surface area contributed by atoms with Gasteiger partial charge in [-0.2, -0.15) is 0 Å². The summed E-state index contributed by atoms with van der Waals surface area (Å²) in [6.45, 7) is 0.818. The summed E-state index contributed by atoms with van der Waals surface area (Å²) in [5.74, 6) is -0.664. The molecule has 1 heterocycles. The highest BCUT2D eigenvalue weighted by Gasteiger charge is 2.45. The van der Waals surface area contributed by atoms with Crippen molar-refractivity contribution in [1.82, 2.24) is 5.32 Å². The van der Waals surface area contributed by atoms with E-state index in [1.165, 1.54) is 6.42 Å². The minimum atomic E-state index is -0.901. The lowest BCUT2D eigenvalue weighted by Gasteiger charge is -2.48. The number of hydrogen-bond acceptors (Lipinski definition) is 3. The van der Waals surface area contributed by atoms with Gasteiger partial charge in [-0.15, -0.1) is 0 Å². The summed E-state index contributed by atoms with van der Waals surface area (Å²) in [7, 11) is 0. The molecule has 4 heteroatoms. The number of nitrogens with one attached hydrogen (secondary N) is 1. The number of benzene rings is 1. The van der Waals surface area contributed by atoms with Gasteiger partial charge in [0, 0.05) is 12.0 Å². The van der Waals surface area contributed by atoms with Crippen molar-refractivity contribution in [2.24, 2.45) is 5.92 Å². The summed E-state index contributed by atoms with van der Waals surface area (Å²) < 4.78 is 0. The van der Waals surface area contributed by atoms with Crippen LogP contribution in [0.2, 0.25) is 0 Å². The summed E-state index contributed by atoms with van der Waals surface area (Å²) in [5, 5.41) is 23.3. The number of aliphatic hydroxyl groups is 1. The number of aromatic carboxylic acids is 1. The van der Waals surface area contributed by atoms with Crippen LogP contribution in [0.4, 0.5) is 0 Å². The second-order valence-corrected chi connectivity index (χ2v) is 6.06. The first-order valence-electron chi connectivity index (χ1n) is 7.39. The number of piperidine rings is 1. The zero-order valence-corrected chi connectivity index (χ0v) is 11.5. The van der Waals surface area contributed by atoms with Gasteiger partial charge in [-0.3, -0.25) is 0 Å². The largest absolute Gasteiger partial charge is 0.478 e. The second-order valence-electron chi connectivity index (χ2n) is 6.06. The smallest absolute Gasteiger partial charge is 0.335 e. The Morgan fingerprint density at radius 2 is 1.95 bits per heavy atom.